The van der Waals surface area contributed by atoms with Crippen LogP contribution in [0.1, 0.15) is 20.7 Å². The molecule has 2 rings (SSSR count). The molecule has 0 saturated carbocycles. The van der Waals surface area contributed by atoms with Gasteiger partial charge in [-0.2, -0.15) is 0 Å². The van der Waals surface area contributed by atoms with Gasteiger partial charge < -0.3 is 10.2 Å². The molecule has 0 heterocycles. The standard InChI is InChI=1S/C14H6N4O4/c15-17-11-3-1-7(5-9(11)13(19)20)8-2-4-12(18-16)10(6-8)14(21)22/h1-6H/p+2. The van der Waals surface area contributed by atoms with Gasteiger partial charge in [-0.25, -0.2) is 9.59 Å². The molecule has 0 aliphatic heterocycles. The van der Waals surface area contributed by atoms with E-state index in [2.05, 4.69) is 9.95 Å². The van der Waals surface area contributed by atoms with Gasteiger partial charge in [-0.1, -0.05) is 0 Å². The van der Waals surface area contributed by atoms with Crippen LogP contribution in [0.25, 0.3) is 21.1 Å². The van der Waals surface area contributed by atoms with Gasteiger partial charge in [0.2, 0.25) is 10.8 Å². The Morgan fingerprint density at radius 1 is 0.773 bits per heavy atom. The number of carbonyl (C=O) groups is 2. The highest BCUT2D eigenvalue weighted by Gasteiger charge is 2.23. The Bertz CT molecular complexity index is 804. The molecule has 0 radical (unpaired) electrons. The number of carboxylic acid groups (broad SMARTS) is 2. The van der Waals surface area contributed by atoms with Crippen LogP contribution in [-0.2, 0) is 0 Å². The highest BCUT2D eigenvalue weighted by Crippen LogP contribution is 2.30. The van der Waals surface area contributed by atoms with E-state index in [9.17, 15) is 9.59 Å². The van der Waals surface area contributed by atoms with Crippen molar-refractivity contribution in [1.82, 2.24) is 0 Å². The van der Waals surface area contributed by atoms with E-state index in [4.69, 9.17) is 21.0 Å². The molecule has 2 aromatic rings. The number of hydrogen-bond acceptors (Lipinski definition) is 4. The molecule has 2 N–H and O–H groups in total. The lowest BCUT2D eigenvalue weighted by atomic mass is 9.99. The maximum Gasteiger partial charge on any atom is 0.399 e. The second kappa shape index (κ2) is 5.69. The van der Waals surface area contributed by atoms with Crippen LogP contribution < -0.4 is 0 Å². The van der Waals surface area contributed by atoms with Crippen LogP contribution in [0.3, 0.4) is 0 Å². The summed E-state index contributed by atoms with van der Waals surface area (Å²) < 4.78 is 0. The third-order valence-electron chi connectivity index (χ3n) is 3.00. The predicted molar refractivity (Wildman–Crippen MR) is 75.3 cm³/mol. The summed E-state index contributed by atoms with van der Waals surface area (Å²) in [4.78, 5) is 28.0. The summed E-state index contributed by atoms with van der Waals surface area (Å²) in [5.41, 5.74) is 0.141. The van der Waals surface area contributed by atoms with Crippen LogP contribution in [0.4, 0.5) is 11.4 Å². The number of rotatable bonds is 3. The topological polar surface area (TPSA) is 131 Å². The second-order valence-corrected chi connectivity index (χ2v) is 4.27. The summed E-state index contributed by atoms with van der Waals surface area (Å²) in [7, 11) is 0. The lowest BCUT2D eigenvalue weighted by Gasteiger charge is -2.02. The van der Waals surface area contributed by atoms with Gasteiger partial charge in [-0.3, -0.25) is 0 Å². The fourth-order valence-corrected chi connectivity index (χ4v) is 1.95. The normalized spacial score (nSPS) is 9.55. The van der Waals surface area contributed by atoms with Gasteiger partial charge in [-0.05, 0) is 35.4 Å². The van der Waals surface area contributed by atoms with E-state index in [-0.39, 0.29) is 22.5 Å². The minimum Gasteiger partial charge on any atom is -0.477 e. The molecule has 0 spiro atoms. The lowest BCUT2D eigenvalue weighted by molar-refractivity contribution is 0.0687. The van der Waals surface area contributed by atoms with Crippen LogP contribution >= 0.6 is 0 Å². The maximum atomic E-state index is 11.1. The van der Waals surface area contributed by atoms with Crippen LogP contribution in [0, 0.1) is 10.8 Å². The van der Waals surface area contributed by atoms with E-state index in [1.165, 1.54) is 36.4 Å². The van der Waals surface area contributed by atoms with Crippen molar-refractivity contribution in [1.29, 1.82) is 10.8 Å². The average molecular weight is 296 g/mol. The van der Waals surface area contributed by atoms with E-state index in [1.54, 1.807) is 0 Å². The number of diazo groups is 2. The van der Waals surface area contributed by atoms with E-state index < -0.39 is 11.9 Å². The Balaban J connectivity index is 2.63. The number of carboxylic acids is 2. The SMILES string of the molecule is N#[N+]c1ccc(-c2ccc([N+]#N)c(C(=O)O)c2)cc1C(=O)O. The fraction of sp³-hybridized carbons (Fsp3) is 0. The minimum atomic E-state index is -1.28. The zero-order valence-electron chi connectivity index (χ0n) is 11.0. The molecule has 0 amide bonds. The molecule has 2 aromatic carbocycles. The van der Waals surface area contributed by atoms with Crippen molar-refractivity contribution in [3.05, 3.63) is 57.5 Å². The monoisotopic (exact) mass is 296 g/mol. The molecule has 0 aromatic heterocycles. The van der Waals surface area contributed by atoms with Crippen molar-refractivity contribution < 1.29 is 19.8 Å². The molecule has 106 valence electrons. The molecule has 0 atom stereocenters. The Kier molecular flexibility index (Phi) is 3.78. The molecule has 0 unspecified atom stereocenters. The molecule has 22 heavy (non-hydrogen) atoms. The quantitative estimate of drug-likeness (QED) is 0.830. The van der Waals surface area contributed by atoms with Gasteiger partial charge in [0.15, 0.2) is 21.1 Å². The molecule has 0 aliphatic carbocycles. The van der Waals surface area contributed by atoms with Gasteiger partial charge in [0.05, 0.1) is 0 Å². The van der Waals surface area contributed by atoms with Crippen molar-refractivity contribution in [2.24, 2.45) is 0 Å². The Labute approximate surface area is 123 Å². The first-order valence-electron chi connectivity index (χ1n) is 5.93. The maximum absolute atomic E-state index is 11.1. The average Bonchev–Trinajstić information content (AvgIpc) is 2.53. The van der Waals surface area contributed by atoms with Crippen molar-refractivity contribution in [3.63, 3.8) is 0 Å². The van der Waals surface area contributed by atoms with Gasteiger partial charge >= 0.3 is 23.3 Å². The Hall–Kier alpha value is -3.78. The molecule has 0 bridgehead atoms. The second-order valence-electron chi connectivity index (χ2n) is 4.27. The first kappa shape index (κ1) is 14.6. The fourth-order valence-electron chi connectivity index (χ4n) is 1.95. The van der Waals surface area contributed by atoms with Gasteiger partial charge in [0.1, 0.15) is 0 Å². The largest absolute Gasteiger partial charge is 0.477 e. The highest BCUT2D eigenvalue weighted by atomic mass is 16.4. The molecule has 0 fully saturated rings. The summed E-state index contributed by atoms with van der Waals surface area (Å²) in [5.74, 6) is -2.56. The molecule has 8 nitrogen and oxygen atoms in total. The summed E-state index contributed by atoms with van der Waals surface area (Å²) in [5, 5.41) is 35.7. The predicted octanol–water partition coefficient (Wildman–Crippen LogP) is 3.72. The van der Waals surface area contributed by atoms with E-state index in [0.717, 1.165) is 0 Å². The summed E-state index contributed by atoms with van der Waals surface area (Å²) in [6, 6.07) is 8.08. The van der Waals surface area contributed by atoms with Crippen LogP contribution in [-0.4, -0.2) is 22.2 Å². The minimum absolute atomic E-state index is 0.114. The van der Waals surface area contributed by atoms with Gasteiger partial charge in [0.25, 0.3) is 0 Å². The smallest absolute Gasteiger partial charge is 0.399 e. The van der Waals surface area contributed by atoms with E-state index in [1.807, 2.05) is 0 Å². The first-order valence-corrected chi connectivity index (χ1v) is 5.93. The van der Waals surface area contributed by atoms with Gasteiger partial charge in [-0.15, -0.1) is 0 Å². The third-order valence-corrected chi connectivity index (χ3v) is 3.00. The lowest BCUT2D eigenvalue weighted by Crippen LogP contribution is -1.98. The Morgan fingerprint density at radius 3 is 1.41 bits per heavy atom. The van der Waals surface area contributed by atoms with Gasteiger partial charge in [0, 0.05) is 12.1 Å². The zero-order valence-corrected chi connectivity index (χ0v) is 11.0. The van der Waals surface area contributed by atoms with E-state index >= 15 is 0 Å². The van der Waals surface area contributed by atoms with E-state index in [0.29, 0.717) is 11.1 Å². The third kappa shape index (κ3) is 2.57. The number of benzene rings is 2. The molecular formula is C14H8N4O4+2. The highest BCUT2D eigenvalue weighted by molar-refractivity contribution is 5.98. The summed E-state index contributed by atoms with van der Waals surface area (Å²) in [6.45, 7) is 0. The van der Waals surface area contributed by atoms with Crippen molar-refractivity contribution in [2.45, 2.75) is 0 Å². The van der Waals surface area contributed by atoms with Crippen LogP contribution in [0.15, 0.2) is 36.4 Å². The Morgan fingerprint density at radius 2 is 1.14 bits per heavy atom. The number of aromatic carboxylic acids is 2. The van der Waals surface area contributed by atoms with Crippen molar-refractivity contribution in [2.75, 3.05) is 0 Å². The van der Waals surface area contributed by atoms with Crippen molar-refractivity contribution >= 4 is 23.3 Å². The zero-order chi connectivity index (χ0) is 16.3. The van der Waals surface area contributed by atoms with Crippen LogP contribution in [0.2, 0.25) is 0 Å². The molecule has 0 saturated heterocycles. The first-order chi connectivity index (χ1) is 10.5. The number of hydrogen-bond donors (Lipinski definition) is 2. The number of nitrogens with zero attached hydrogens (tertiary/aromatic N) is 4. The summed E-state index contributed by atoms with van der Waals surface area (Å²) >= 11 is 0. The van der Waals surface area contributed by atoms with Crippen molar-refractivity contribution in [3.8, 4) is 11.1 Å². The molecular weight excluding hydrogens is 288 g/mol. The molecule has 0 aliphatic rings. The van der Waals surface area contributed by atoms with Crippen LogP contribution in [0.5, 0.6) is 0 Å². The summed E-state index contributed by atoms with van der Waals surface area (Å²) in [6.07, 6.45) is 0. The molecule has 8 heteroatoms.